The van der Waals surface area contributed by atoms with Crippen LogP contribution < -0.4 is 5.23 Å². The SMILES string of the molecule is CB1N[C@H]2c3ccccc3C[C@H]2O1. The molecule has 2 aliphatic rings. The molecular weight excluding hydrogens is 161 g/mol. The summed E-state index contributed by atoms with van der Waals surface area (Å²) in [5, 5.41) is 3.45. The fraction of sp³-hybridized carbons (Fsp3) is 0.400. The van der Waals surface area contributed by atoms with Gasteiger partial charge in [0.2, 0.25) is 0 Å². The first-order chi connectivity index (χ1) is 6.34. The van der Waals surface area contributed by atoms with Gasteiger partial charge >= 0.3 is 7.05 Å². The van der Waals surface area contributed by atoms with Crippen molar-refractivity contribution in [1.29, 1.82) is 0 Å². The molecular formula is C10H12BNO. The maximum Gasteiger partial charge on any atom is 0.377 e. The van der Waals surface area contributed by atoms with E-state index in [0.29, 0.717) is 12.1 Å². The number of rotatable bonds is 0. The number of fused-ring (bicyclic) bond motifs is 3. The Hall–Kier alpha value is -0.795. The van der Waals surface area contributed by atoms with Crippen molar-refractivity contribution in [2.24, 2.45) is 0 Å². The van der Waals surface area contributed by atoms with Gasteiger partial charge in [-0.3, -0.25) is 0 Å². The molecule has 1 saturated heterocycles. The van der Waals surface area contributed by atoms with Crippen molar-refractivity contribution < 1.29 is 4.65 Å². The Labute approximate surface area is 78.4 Å². The van der Waals surface area contributed by atoms with Crippen molar-refractivity contribution in [2.75, 3.05) is 0 Å². The molecule has 66 valence electrons. The lowest BCUT2D eigenvalue weighted by molar-refractivity contribution is 0.226. The molecule has 3 rings (SSSR count). The molecule has 1 aromatic carbocycles. The maximum atomic E-state index is 5.76. The molecule has 1 aliphatic heterocycles. The minimum atomic E-state index is 0.211. The Balaban J connectivity index is 2.02. The predicted molar refractivity (Wildman–Crippen MR) is 52.5 cm³/mol. The van der Waals surface area contributed by atoms with Gasteiger partial charge in [0, 0.05) is 6.04 Å². The van der Waals surface area contributed by atoms with Gasteiger partial charge in [0.05, 0.1) is 6.10 Å². The number of hydrogen-bond donors (Lipinski definition) is 1. The van der Waals surface area contributed by atoms with E-state index in [2.05, 4.69) is 36.3 Å². The van der Waals surface area contributed by atoms with Gasteiger partial charge in [-0.25, -0.2) is 0 Å². The van der Waals surface area contributed by atoms with Crippen LogP contribution in [0.1, 0.15) is 17.2 Å². The van der Waals surface area contributed by atoms with E-state index in [1.807, 2.05) is 0 Å². The maximum absolute atomic E-state index is 5.76. The minimum absolute atomic E-state index is 0.211. The zero-order valence-electron chi connectivity index (χ0n) is 7.66. The van der Waals surface area contributed by atoms with E-state index in [0.717, 1.165) is 6.42 Å². The highest BCUT2D eigenvalue weighted by Gasteiger charge is 2.40. The van der Waals surface area contributed by atoms with Crippen LogP contribution in [0.3, 0.4) is 0 Å². The Bertz CT molecular complexity index is 341. The minimum Gasteiger partial charge on any atom is -0.416 e. The number of hydrogen-bond acceptors (Lipinski definition) is 2. The summed E-state index contributed by atoms with van der Waals surface area (Å²) in [4.78, 5) is 0. The zero-order chi connectivity index (χ0) is 8.84. The highest BCUT2D eigenvalue weighted by molar-refractivity contribution is 6.48. The summed E-state index contributed by atoms with van der Waals surface area (Å²) in [7, 11) is 0.211. The molecule has 2 nitrogen and oxygen atoms in total. The lowest BCUT2D eigenvalue weighted by Gasteiger charge is -2.08. The highest BCUT2D eigenvalue weighted by atomic mass is 16.5. The van der Waals surface area contributed by atoms with Crippen LogP contribution in [-0.4, -0.2) is 13.2 Å². The van der Waals surface area contributed by atoms with Crippen LogP contribution in [0.4, 0.5) is 0 Å². The van der Waals surface area contributed by atoms with Gasteiger partial charge in [0.15, 0.2) is 0 Å². The molecule has 0 aromatic heterocycles. The summed E-state index contributed by atoms with van der Waals surface area (Å²) in [5.41, 5.74) is 2.87. The standard InChI is InChI=1S/C10H12BNO/c1-11-12-10-8-5-3-2-4-7(8)6-9(10)13-11/h2-5,9-10,12H,6H2,1H3/t9-,10+/m1/s1. The lowest BCUT2D eigenvalue weighted by atomic mass is 9.88. The van der Waals surface area contributed by atoms with Crippen molar-refractivity contribution in [3.05, 3.63) is 35.4 Å². The summed E-state index contributed by atoms with van der Waals surface area (Å²) < 4.78 is 5.76. The smallest absolute Gasteiger partial charge is 0.377 e. The van der Waals surface area contributed by atoms with Crippen LogP contribution >= 0.6 is 0 Å². The molecule has 2 atom stereocenters. The fourth-order valence-corrected chi connectivity index (χ4v) is 2.44. The third-order valence-electron chi connectivity index (χ3n) is 2.98. The second-order valence-corrected chi connectivity index (χ2v) is 3.86. The average Bonchev–Trinajstić information content (AvgIpc) is 2.60. The van der Waals surface area contributed by atoms with E-state index in [9.17, 15) is 0 Å². The Morgan fingerprint density at radius 3 is 3.23 bits per heavy atom. The molecule has 0 unspecified atom stereocenters. The van der Waals surface area contributed by atoms with E-state index in [1.165, 1.54) is 11.1 Å². The second-order valence-electron chi connectivity index (χ2n) is 3.86. The molecule has 1 aliphatic carbocycles. The molecule has 3 heteroatoms. The van der Waals surface area contributed by atoms with Gasteiger partial charge in [-0.05, 0) is 24.4 Å². The van der Waals surface area contributed by atoms with E-state index >= 15 is 0 Å². The van der Waals surface area contributed by atoms with Crippen LogP contribution in [0.5, 0.6) is 0 Å². The Kier molecular flexibility index (Phi) is 1.52. The van der Waals surface area contributed by atoms with Gasteiger partial charge < -0.3 is 9.88 Å². The van der Waals surface area contributed by atoms with Gasteiger partial charge in [0.1, 0.15) is 0 Å². The summed E-state index contributed by atoms with van der Waals surface area (Å²) in [5.74, 6) is 0. The third kappa shape index (κ3) is 1.04. The van der Waals surface area contributed by atoms with E-state index in [1.54, 1.807) is 0 Å². The van der Waals surface area contributed by atoms with Crippen molar-refractivity contribution in [3.8, 4) is 0 Å². The van der Waals surface area contributed by atoms with Gasteiger partial charge in [0.25, 0.3) is 0 Å². The first-order valence-corrected chi connectivity index (χ1v) is 4.84. The first kappa shape index (κ1) is 7.59. The molecule has 0 radical (unpaired) electrons. The molecule has 0 spiro atoms. The summed E-state index contributed by atoms with van der Waals surface area (Å²) >= 11 is 0. The highest BCUT2D eigenvalue weighted by Crippen LogP contribution is 2.36. The Morgan fingerprint density at radius 2 is 2.31 bits per heavy atom. The monoisotopic (exact) mass is 173 g/mol. The largest absolute Gasteiger partial charge is 0.416 e. The average molecular weight is 173 g/mol. The number of benzene rings is 1. The predicted octanol–water partition coefficient (Wildman–Crippen LogP) is 1.39. The lowest BCUT2D eigenvalue weighted by Crippen LogP contribution is -2.26. The molecule has 0 amide bonds. The van der Waals surface area contributed by atoms with E-state index < -0.39 is 0 Å². The molecule has 13 heavy (non-hydrogen) atoms. The van der Waals surface area contributed by atoms with E-state index in [-0.39, 0.29) is 7.05 Å². The second kappa shape index (κ2) is 2.60. The zero-order valence-corrected chi connectivity index (χ0v) is 7.66. The van der Waals surface area contributed by atoms with Crippen LogP contribution in [-0.2, 0) is 11.1 Å². The Morgan fingerprint density at radius 1 is 1.46 bits per heavy atom. The molecule has 1 N–H and O–H groups in total. The molecule has 0 bridgehead atoms. The topological polar surface area (TPSA) is 21.3 Å². The van der Waals surface area contributed by atoms with Crippen LogP contribution in [0.2, 0.25) is 6.82 Å². The summed E-state index contributed by atoms with van der Waals surface area (Å²) in [6.45, 7) is 2.07. The summed E-state index contributed by atoms with van der Waals surface area (Å²) in [6, 6.07) is 9.04. The van der Waals surface area contributed by atoms with E-state index in [4.69, 9.17) is 4.65 Å². The van der Waals surface area contributed by atoms with Crippen molar-refractivity contribution in [1.82, 2.24) is 5.23 Å². The van der Waals surface area contributed by atoms with Gasteiger partial charge in [-0.15, -0.1) is 0 Å². The van der Waals surface area contributed by atoms with Crippen molar-refractivity contribution in [3.63, 3.8) is 0 Å². The third-order valence-corrected chi connectivity index (χ3v) is 2.98. The van der Waals surface area contributed by atoms with Crippen molar-refractivity contribution >= 4 is 7.05 Å². The molecule has 1 fully saturated rings. The van der Waals surface area contributed by atoms with Crippen LogP contribution in [0, 0.1) is 0 Å². The number of nitrogens with one attached hydrogen (secondary N) is 1. The van der Waals surface area contributed by atoms with Crippen LogP contribution in [0.15, 0.2) is 24.3 Å². The van der Waals surface area contributed by atoms with Crippen LogP contribution in [0.25, 0.3) is 0 Å². The normalized spacial score (nSPS) is 30.4. The summed E-state index contributed by atoms with van der Waals surface area (Å²) in [6.07, 6.45) is 1.44. The molecule has 1 aromatic rings. The fourth-order valence-electron chi connectivity index (χ4n) is 2.44. The van der Waals surface area contributed by atoms with Gasteiger partial charge in [-0.2, -0.15) is 0 Å². The molecule has 0 saturated carbocycles. The van der Waals surface area contributed by atoms with Gasteiger partial charge in [-0.1, -0.05) is 24.3 Å². The first-order valence-electron chi connectivity index (χ1n) is 4.84. The molecule has 1 heterocycles. The van der Waals surface area contributed by atoms with Crippen molar-refractivity contribution in [2.45, 2.75) is 25.4 Å². The quantitative estimate of drug-likeness (QED) is 0.598.